The predicted molar refractivity (Wildman–Crippen MR) is 58.2 cm³/mol. The summed E-state index contributed by atoms with van der Waals surface area (Å²) in [4.78, 5) is 0. The number of ether oxygens (including phenoxy) is 1. The third-order valence-corrected chi connectivity index (χ3v) is 2.39. The van der Waals surface area contributed by atoms with Gasteiger partial charge in [-0.3, -0.25) is 0 Å². The van der Waals surface area contributed by atoms with Crippen LogP contribution in [0.2, 0.25) is 0 Å². The van der Waals surface area contributed by atoms with Crippen LogP contribution in [-0.2, 0) is 6.54 Å². The number of rotatable bonds is 4. The fourth-order valence-electron chi connectivity index (χ4n) is 1.11. The van der Waals surface area contributed by atoms with Gasteiger partial charge in [0.05, 0.1) is 13.0 Å². The summed E-state index contributed by atoms with van der Waals surface area (Å²) in [6, 6.07) is 5.09. The Morgan fingerprint density at radius 3 is 2.56 bits per heavy atom. The molecule has 0 saturated carbocycles. The van der Waals surface area contributed by atoms with Gasteiger partial charge in [0.15, 0.2) is 0 Å². The van der Waals surface area contributed by atoms with Crippen molar-refractivity contribution in [2.45, 2.75) is 19.1 Å². The minimum atomic E-state index is -4.20. The lowest BCUT2D eigenvalue weighted by molar-refractivity contribution is -0.139. The quantitative estimate of drug-likeness (QED) is 0.926. The SMILES string of the molecule is NCc1ccc(Br)cc1OCCC(F)(F)F. The van der Waals surface area contributed by atoms with E-state index in [2.05, 4.69) is 15.9 Å². The molecule has 6 heteroatoms. The molecule has 1 aromatic rings. The lowest BCUT2D eigenvalue weighted by Crippen LogP contribution is -2.14. The van der Waals surface area contributed by atoms with E-state index in [9.17, 15) is 13.2 Å². The standard InChI is InChI=1S/C10H11BrF3NO/c11-8-2-1-7(6-15)9(5-8)16-4-3-10(12,13)14/h1-2,5H,3-4,6,15H2. The molecule has 0 atom stereocenters. The van der Waals surface area contributed by atoms with Gasteiger partial charge < -0.3 is 10.5 Å². The van der Waals surface area contributed by atoms with Gasteiger partial charge in [0, 0.05) is 16.6 Å². The van der Waals surface area contributed by atoms with Crippen molar-refractivity contribution in [3.05, 3.63) is 28.2 Å². The van der Waals surface area contributed by atoms with Crippen LogP contribution in [0.15, 0.2) is 22.7 Å². The third-order valence-electron chi connectivity index (χ3n) is 1.89. The maximum Gasteiger partial charge on any atom is 0.392 e. The van der Waals surface area contributed by atoms with E-state index in [0.29, 0.717) is 11.3 Å². The molecule has 0 fully saturated rings. The second-order valence-electron chi connectivity index (χ2n) is 3.17. The van der Waals surface area contributed by atoms with E-state index in [0.717, 1.165) is 4.47 Å². The Kier molecular flexibility index (Phi) is 4.61. The highest BCUT2D eigenvalue weighted by Gasteiger charge is 2.26. The first-order valence-corrected chi connectivity index (χ1v) is 5.40. The fraction of sp³-hybridized carbons (Fsp3) is 0.400. The zero-order chi connectivity index (χ0) is 12.2. The number of alkyl halides is 3. The number of benzene rings is 1. The van der Waals surface area contributed by atoms with Crippen LogP contribution in [0.25, 0.3) is 0 Å². The van der Waals surface area contributed by atoms with Gasteiger partial charge in [-0.25, -0.2) is 0 Å². The number of hydrogen-bond donors (Lipinski definition) is 1. The summed E-state index contributed by atoms with van der Waals surface area (Å²) in [7, 11) is 0. The number of halogens is 4. The van der Waals surface area contributed by atoms with Crippen molar-refractivity contribution in [3.8, 4) is 5.75 Å². The van der Waals surface area contributed by atoms with Crippen LogP contribution in [0, 0.1) is 0 Å². The number of hydrogen-bond acceptors (Lipinski definition) is 2. The zero-order valence-electron chi connectivity index (χ0n) is 8.35. The summed E-state index contributed by atoms with van der Waals surface area (Å²) in [6.45, 7) is -0.165. The molecule has 1 rings (SSSR count). The second kappa shape index (κ2) is 5.54. The lowest BCUT2D eigenvalue weighted by Gasteiger charge is -2.12. The van der Waals surface area contributed by atoms with Gasteiger partial charge in [0.2, 0.25) is 0 Å². The molecule has 2 nitrogen and oxygen atoms in total. The molecule has 2 N–H and O–H groups in total. The van der Waals surface area contributed by atoms with Crippen LogP contribution in [-0.4, -0.2) is 12.8 Å². The van der Waals surface area contributed by atoms with Crippen molar-refractivity contribution in [1.29, 1.82) is 0 Å². The van der Waals surface area contributed by atoms with Crippen molar-refractivity contribution < 1.29 is 17.9 Å². The van der Waals surface area contributed by atoms with E-state index >= 15 is 0 Å². The molecule has 16 heavy (non-hydrogen) atoms. The van der Waals surface area contributed by atoms with E-state index in [1.807, 2.05) is 0 Å². The fourth-order valence-corrected chi connectivity index (χ4v) is 1.45. The van der Waals surface area contributed by atoms with Crippen LogP contribution in [0.1, 0.15) is 12.0 Å². The first-order valence-electron chi connectivity index (χ1n) is 4.60. The van der Waals surface area contributed by atoms with Crippen molar-refractivity contribution in [2.75, 3.05) is 6.61 Å². The molecule has 0 heterocycles. The molecule has 0 aromatic heterocycles. The molecule has 1 aromatic carbocycles. The van der Waals surface area contributed by atoms with Crippen molar-refractivity contribution in [1.82, 2.24) is 0 Å². The average molecular weight is 298 g/mol. The van der Waals surface area contributed by atoms with E-state index in [1.54, 1.807) is 18.2 Å². The van der Waals surface area contributed by atoms with Gasteiger partial charge >= 0.3 is 6.18 Å². The van der Waals surface area contributed by atoms with Gasteiger partial charge in [-0.05, 0) is 12.1 Å². The molecule has 0 aliphatic carbocycles. The lowest BCUT2D eigenvalue weighted by atomic mass is 10.2. The zero-order valence-corrected chi connectivity index (χ0v) is 9.94. The maximum atomic E-state index is 11.9. The Balaban J connectivity index is 2.62. The summed E-state index contributed by atoms with van der Waals surface area (Å²) in [5.41, 5.74) is 6.13. The van der Waals surface area contributed by atoms with Crippen LogP contribution < -0.4 is 10.5 Å². The molecule has 90 valence electrons. The molecule has 0 amide bonds. The Hall–Kier alpha value is -0.750. The Morgan fingerprint density at radius 2 is 2.00 bits per heavy atom. The Labute approximate surface area is 99.7 Å². The molecule has 0 radical (unpaired) electrons. The molecule has 0 spiro atoms. The summed E-state index contributed by atoms with van der Waals surface area (Å²) < 4.78 is 41.5. The minimum absolute atomic E-state index is 0.231. The van der Waals surface area contributed by atoms with Gasteiger partial charge in [-0.15, -0.1) is 0 Å². The first kappa shape index (κ1) is 13.3. The molecule has 0 unspecified atom stereocenters. The smallest absolute Gasteiger partial charge is 0.392 e. The van der Waals surface area contributed by atoms with Crippen LogP contribution in [0.5, 0.6) is 5.75 Å². The van der Waals surface area contributed by atoms with Crippen molar-refractivity contribution in [3.63, 3.8) is 0 Å². The monoisotopic (exact) mass is 297 g/mol. The third kappa shape index (κ3) is 4.40. The Morgan fingerprint density at radius 1 is 1.31 bits per heavy atom. The Bertz CT molecular complexity index is 354. The molecule has 0 aliphatic rings. The largest absolute Gasteiger partial charge is 0.493 e. The van der Waals surface area contributed by atoms with Crippen LogP contribution in [0.3, 0.4) is 0 Å². The maximum absolute atomic E-state index is 11.9. The summed E-state index contributed by atoms with van der Waals surface area (Å²) in [6.07, 6.45) is -5.17. The van der Waals surface area contributed by atoms with Gasteiger partial charge in [-0.2, -0.15) is 13.2 Å². The molecule has 0 saturated heterocycles. The number of nitrogens with two attached hydrogens (primary N) is 1. The molecule has 0 aliphatic heterocycles. The van der Waals surface area contributed by atoms with Crippen molar-refractivity contribution in [2.24, 2.45) is 5.73 Å². The van der Waals surface area contributed by atoms with Gasteiger partial charge in [0.1, 0.15) is 5.75 Å². The summed E-state index contributed by atoms with van der Waals surface area (Å²) in [5.74, 6) is 0.390. The van der Waals surface area contributed by atoms with Crippen LogP contribution >= 0.6 is 15.9 Å². The molecule has 0 bridgehead atoms. The van der Waals surface area contributed by atoms with Crippen LogP contribution in [0.4, 0.5) is 13.2 Å². The topological polar surface area (TPSA) is 35.2 Å². The molecular weight excluding hydrogens is 287 g/mol. The minimum Gasteiger partial charge on any atom is -0.493 e. The highest BCUT2D eigenvalue weighted by Crippen LogP contribution is 2.25. The predicted octanol–water partition coefficient (Wildman–Crippen LogP) is 3.24. The summed E-state index contributed by atoms with van der Waals surface area (Å²) in [5, 5.41) is 0. The van der Waals surface area contributed by atoms with Gasteiger partial charge in [0.25, 0.3) is 0 Å². The second-order valence-corrected chi connectivity index (χ2v) is 4.09. The van der Waals surface area contributed by atoms with E-state index in [4.69, 9.17) is 10.5 Å². The normalized spacial score (nSPS) is 11.6. The van der Waals surface area contributed by atoms with E-state index in [1.165, 1.54) is 0 Å². The van der Waals surface area contributed by atoms with E-state index < -0.39 is 19.2 Å². The van der Waals surface area contributed by atoms with Gasteiger partial charge in [-0.1, -0.05) is 22.0 Å². The first-order chi connectivity index (χ1) is 7.42. The van der Waals surface area contributed by atoms with E-state index in [-0.39, 0.29) is 6.54 Å². The van der Waals surface area contributed by atoms with Crippen molar-refractivity contribution >= 4 is 15.9 Å². The molecular formula is C10H11BrF3NO. The average Bonchev–Trinajstić information content (AvgIpc) is 2.16. The highest BCUT2D eigenvalue weighted by atomic mass is 79.9. The summed E-state index contributed by atoms with van der Waals surface area (Å²) >= 11 is 3.21. The highest BCUT2D eigenvalue weighted by molar-refractivity contribution is 9.10.